The summed E-state index contributed by atoms with van der Waals surface area (Å²) >= 11 is 0. The maximum Gasteiger partial charge on any atom is 0.234 e. The molecule has 1 unspecified atom stereocenters. The zero-order valence-electron chi connectivity index (χ0n) is 13.8. The Kier molecular flexibility index (Phi) is 4.73. The van der Waals surface area contributed by atoms with Gasteiger partial charge in [-0.25, -0.2) is 13.4 Å². The van der Waals surface area contributed by atoms with Gasteiger partial charge >= 0.3 is 0 Å². The molecule has 3 rings (SSSR count). The molecular weight excluding hydrogens is 330 g/mol. The molecule has 0 spiro atoms. The van der Waals surface area contributed by atoms with Crippen LogP contribution in [-0.2, 0) is 14.6 Å². The van der Waals surface area contributed by atoms with Crippen LogP contribution in [0.1, 0.15) is 13.3 Å². The Hall–Kier alpha value is -1.74. The minimum atomic E-state index is -3.02. The van der Waals surface area contributed by atoms with Crippen LogP contribution >= 0.6 is 0 Å². The van der Waals surface area contributed by atoms with Crippen molar-refractivity contribution in [3.63, 3.8) is 0 Å². The van der Waals surface area contributed by atoms with Gasteiger partial charge in [-0.2, -0.15) is 0 Å². The summed E-state index contributed by atoms with van der Waals surface area (Å²) in [6, 6.07) is 0. The summed E-state index contributed by atoms with van der Waals surface area (Å²) in [6.45, 7) is 5.21. The highest BCUT2D eigenvalue weighted by atomic mass is 32.2. The Morgan fingerprint density at radius 2 is 2.04 bits per heavy atom. The number of nitrogens with zero attached hydrogens (tertiary/aromatic N) is 4. The lowest BCUT2D eigenvalue weighted by molar-refractivity contribution is -0.123. The van der Waals surface area contributed by atoms with Gasteiger partial charge in [0.1, 0.15) is 5.82 Å². The van der Waals surface area contributed by atoms with E-state index >= 15 is 0 Å². The molecule has 2 saturated heterocycles. The fourth-order valence-corrected chi connectivity index (χ4v) is 5.37. The summed E-state index contributed by atoms with van der Waals surface area (Å²) in [5.74, 6) is 0.931. The van der Waals surface area contributed by atoms with Crippen LogP contribution in [0.5, 0.6) is 0 Å². The fourth-order valence-electron chi connectivity index (χ4n) is 3.28. The second-order valence-electron chi connectivity index (χ2n) is 6.78. The van der Waals surface area contributed by atoms with Gasteiger partial charge in [-0.1, -0.05) is 0 Å². The van der Waals surface area contributed by atoms with Gasteiger partial charge in [-0.15, -0.1) is 0 Å². The van der Waals surface area contributed by atoms with Crippen molar-refractivity contribution in [2.24, 2.45) is 0 Å². The van der Waals surface area contributed by atoms with E-state index < -0.39 is 15.4 Å². The smallest absolute Gasteiger partial charge is 0.234 e. The van der Waals surface area contributed by atoms with E-state index in [9.17, 15) is 13.2 Å². The van der Waals surface area contributed by atoms with Crippen molar-refractivity contribution in [1.82, 2.24) is 20.2 Å². The van der Waals surface area contributed by atoms with Crippen molar-refractivity contribution in [1.29, 1.82) is 0 Å². The summed E-state index contributed by atoms with van der Waals surface area (Å²) < 4.78 is 23.2. The molecule has 0 aromatic carbocycles. The number of anilines is 1. The molecule has 1 amide bonds. The van der Waals surface area contributed by atoms with Crippen molar-refractivity contribution in [3.8, 4) is 0 Å². The minimum absolute atomic E-state index is 0.0339. The lowest BCUT2D eigenvalue weighted by atomic mass is 10.0. The SMILES string of the molecule is CC1(NC(=O)CN2CCN(c3cnccn3)CC2)CCS(=O)(=O)C1. The van der Waals surface area contributed by atoms with Crippen molar-refractivity contribution >= 4 is 21.6 Å². The second-order valence-corrected chi connectivity index (χ2v) is 8.96. The first-order chi connectivity index (χ1) is 11.4. The number of hydrogen-bond acceptors (Lipinski definition) is 7. The van der Waals surface area contributed by atoms with Crippen molar-refractivity contribution in [2.45, 2.75) is 18.9 Å². The molecule has 2 fully saturated rings. The highest BCUT2D eigenvalue weighted by Crippen LogP contribution is 2.22. The Morgan fingerprint density at radius 3 is 2.62 bits per heavy atom. The van der Waals surface area contributed by atoms with E-state index in [4.69, 9.17) is 0 Å². The van der Waals surface area contributed by atoms with Crippen LogP contribution in [0.15, 0.2) is 18.6 Å². The van der Waals surface area contributed by atoms with Crippen LogP contribution in [0.3, 0.4) is 0 Å². The van der Waals surface area contributed by atoms with Gasteiger partial charge in [0.15, 0.2) is 9.84 Å². The number of carbonyl (C=O) groups is 1. The minimum Gasteiger partial charge on any atom is -0.353 e. The summed E-state index contributed by atoms with van der Waals surface area (Å²) in [6.07, 6.45) is 5.55. The van der Waals surface area contributed by atoms with Gasteiger partial charge in [0.25, 0.3) is 0 Å². The predicted octanol–water partition coefficient (Wildman–Crippen LogP) is -0.708. The van der Waals surface area contributed by atoms with E-state index in [1.54, 1.807) is 18.6 Å². The Morgan fingerprint density at radius 1 is 1.29 bits per heavy atom. The van der Waals surface area contributed by atoms with E-state index in [1.807, 2.05) is 6.92 Å². The number of nitrogens with one attached hydrogen (secondary N) is 1. The molecule has 9 heteroatoms. The van der Waals surface area contributed by atoms with Crippen molar-refractivity contribution in [2.75, 3.05) is 49.1 Å². The molecule has 8 nitrogen and oxygen atoms in total. The summed E-state index contributed by atoms with van der Waals surface area (Å²) in [5.41, 5.74) is -0.628. The Labute approximate surface area is 142 Å². The van der Waals surface area contributed by atoms with E-state index in [0.29, 0.717) is 13.0 Å². The number of carbonyl (C=O) groups excluding carboxylic acids is 1. The van der Waals surface area contributed by atoms with Gasteiger partial charge in [0.05, 0.1) is 29.8 Å². The van der Waals surface area contributed by atoms with Crippen LogP contribution in [-0.4, -0.2) is 79.0 Å². The fraction of sp³-hybridized carbons (Fsp3) is 0.667. The molecule has 0 saturated carbocycles. The van der Waals surface area contributed by atoms with Crippen molar-refractivity contribution < 1.29 is 13.2 Å². The summed E-state index contributed by atoms with van der Waals surface area (Å²) in [4.78, 5) is 24.8. The average Bonchev–Trinajstić information content (AvgIpc) is 2.82. The van der Waals surface area contributed by atoms with Gasteiger partial charge in [0, 0.05) is 38.6 Å². The molecule has 1 atom stereocenters. The zero-order valence-corrected chi connectivity index (χ0v) is 14.6. The molecule has 0 radical (unpaired) electrons. The lowest BCUT2D eigenvalue weighted by Crippen LogP contribution is -2.53. The number of amides is 1. The van der Waals surface area contributed by atoms with Crippen LogP contribution in [0.2, 0.25) is 0 Å². The van der Waals surface area contributed by atoms with Crippen LogP contribution in [0.4, 0.5) is 5.82 Å². The first-order valence-corrected chi connectivity index (χ1v) is 9.92. The number of aromatic nitrogens is 2. The topological polar surface area (TPSA) is 95.5 Å². The molecule has 1 aromatic rings. The highest BCUT2D eigenvalue weighted by molar-refractivity contribution is 7.91. The van der Waals surface area contributed by atoms with Crippen LogP contribution in [0, 0.1) is 0 Å². The van der Waals surface area contributed by atoms with Crippen LogP contribution < -0.4 is 10.2 Å². The number of piperazine rings is 1. The van der Waals surface area contributed by atoms with Crippen LogP contribution in [0.25, 0.3) is 0 Å². The van der Waals surface area contributed by atoms with Gasteiger partial charge < -0.3 is 10.2 Å². The number of rotatable bonds is 4. The van der Waals surface area contributed by atoms with Gasteiger partial charge in [-0.05, 0) is 13.3 Å². The molecule has 1 N–H and O–H groups in total. The standard InChI is InChI=1S/C15H23N5O3S/c1-15(2-9-24(22,23)12-15)18-14(21)11-19-5-7-20(8-6-19)13-10-16-3-4-17-13/h3-4,10H,2,5-9,11-12H2,1H3,(H,18,21). The quantitative estimate of drug-likeness (QED) is 0.764. The maximum atomic E-state index is 12.3. The lowest BCUT2D eigenvalue weighted by Gasteiger charge is -2.35. The molecule has 2 aliphatic heterocycles. The largest absolute Gasteiger partial charge is 0.353 e. The highest BCUT2D eigenvalue weighted by Gasteiger charge is 2.39. The molecule has 1 aromatic heterocycles. The van der Waals surface area contributed by atoms with Gasteiger partial charge in [0.2, 0.25) is 5.91 Å². The third-order valence-electron chi connectivity index (χ3n) is 4.56. The molecule has 24 heavy (non-hydrogen) atoms. The second kappa shape index (κ2) is 6.64. The first kappa shape index (κ1) is 17.1. The molecule has 3 heterocycles. The monoisotopic (exact) mass is 353 g/mol. The van der Waals surface area contributed by atoms with E-state index in [0.717, 1.165) is 32.0 Å². The summed E-state index contributed by atoms with van der Waals surface area (Å²) in [5, 5.41) is 2.91. The predicted molar refractivity (Wildman–Crippen MR) is 90.5 cm³/mol. The number of hydrogen-bond donors (Lipinski definition) is 1. The van der Waals surface area contributed by atoms with E-state index in [-0.39, 0.29) is 17.4 Å². The Balaban J connectivity index is 1.47. The van der Waals surface area contributed by atoms with Crippen molar-refractivity contribution in [3.05, 3.63) is 18.6 Å². The first-order valence-electron chi connectivity index (χ1n) is 8.10. The normalized spacial score (nSPS) is 27.1. The molecule has 132 valence electrons. The van der Waals surface area contributed by atoms with Gasteiger partial charge in [-0.3, -0.25) is 14.7 Å². The number of sulfone groups is 1. The van der Waals surface area contributed by atoms with E-state index in [2.05, 4.69) is 25.1 Å². The average molecular weight is 353 g/mol. The summed E-state index contributed by atoms with van der Waals surface area (Å²) in [7, 11) is -3.02. The third-order valence-corrected chi connectivity index (χ3v) is 6.46. The van der Waals surface area contributed by atoms with E-state index in [1.165, 1.54) is 0 Å². The third kappa shape index (κ3) is 4.21. The molecular formula is C15H23N5O3S. The maximum absolute atomic E-state index is 12.3. The Bertz CT molecular complexity index is 688. The molecule has 0 aliphatic carbocycles. The zero-order chi connectivity index (χ0) is 17.2. The molecule has 2 aliphatic rings. The molecule has 0 bridgehead atoms.